The Bertz CT molecular complexity index is 555. The van der Waals surface area contributed by atoms with Crippen molar-refractivity contribution in [3.8, 4) is 0 Å². The van der Waals surface area contributed by atoms with Crippen molar-refractivity contribution in [2.24, 2.45) is 5.73 Å². The summed E-state index contributed by atoms with van der Waals surface area (Å²) in [6.07, 6.45) is 2.75. The molecule has 4 heteroatoms. The number of anilines is 1. The molecule has 20 heavy (non-hydrogen) atoms. The van der Waals surface area contributed by atoms with E-state index in [-0.39, 0.29) is 6.04 Å². The molecular weight excluding hydrogens is 314 g/mol. The molecule has 1 aromatic carbocycles. The number of benzene rings is 1. The summed E-state index contributed by atoms with van der Waals surface area (Å²) in [5.74, 6) is 0. The third kappa shape index (κ3) is 3.81. The van der Waals surface area contributed by atoms with Gasteiger partial charge in [-0.25, -0.2) is 0 Å². The molecule has 106 valence electrons. The zero-order valence-electron chi connectivity index (χ0n) is 11.9. The zero-order valence-corrected chi connectivity index (χ0v) is 13.5. The van der Waals surface area contributed by atoms with Gasteiger partial charge in [-0.1, -0.05) is 28.1 Å². The smallest absolute Gasteiger partial charge is 0.0423 e. The Morgan fingerprint density at radius 1 is 1.30 bits per heavy atom. The molecule has 0 aliphatic heterocycles. The SMILES string of the molecule is CC(N)c1ccc(Br)cc1N(C)CCc1ccccn1. The number of nitrogens with zero attached hydrogens (tertiary/aromatic N) is 2. The van der Waals surface area contributed by atoms with Crippen LogP contribution in [-0.2, 0) is 6.42 Å². The lowest BCUT2D eigenvalue weighted by Gasteiger charge is -2.24. The predicted octanol–water partition coefficient (Wildman–Crippen LogP) is 3.54. The lowest BCUT2D eigenvalue weighted by Crippen LogP contribution is -2.23. The Morgan fingerprint density at radius 2 is 2.10 bits per heavy atom. The number of nitrogens with two attached hydrogens (primary N) is 1. The van der Waals surface area contributed by atoms with E-state index in [0.29, 0.717) is 0 Å². The van der Waals surface area contributed by atoms with Crippen LogP contribution in [-0.4, -0.2) is 18.6 Å². The van der Waals surface area contributed by atoms with E-state index >= 15 is 0 Å². The van der Waals surface area contributed by atoms with E-state index in [1.807, 2.05) is 31.3 Å². The van der Waals surface area contributed by atoms with Crippen molar-refractivity contribution in [2.75, 3.05) is 18.5 Å². The molecule has 1 unspecified atom stereocenters. The summed E-state index contributed by atoms with van der Waals surface area (Å²) in [6.45, 7) is 2.92. The van der Waals surface area contributed by atoms with Gasteiger partial charge in [0.2, 0.25) is 0 Å². The van der Waals surface area contributed by atoms with Crippen molar-refractivity contribution >= 4 is 21.6 Å². The Kier molecular flexibility index (Phi) is 5.15. The highest BCUT2D eigenvalue weighted by Crippen LogP contribution is 2.28. The summed E-state index contributed by atoms with van der Waals surface area (Å²) in [7, 11) is 2.09. The van der Waals surface area contributed by atoms with E-state index < -0.39 is 0 Å². The molecule has 0 radical (unpaired) electrons. The van der Waals surface area contributed by atoms with Crippen molar-refractivity contribution in [1.29, 1.82) is 0 Å². The van der Waals surface area contributed by atoms with Gasteiger partial charge in [0, 0.05) is 48.1 Å². The third-order valence-electron chi connectivity index (χ3n) is 3.32. The zero-order chi connectivity index (χ0) is 14.5. The van der Waals surface area contributed by atoms with Crippen molar-refractivity contribution < 1.29 is 0 Å². The molecule has 1 aromatic heterocycles. The Morgan fingerprint density at radius 3 is 2.75 bits per heavy atom. The summed E-state index contributed by atoms with van der Waals surface area (Å²) in [5.41, 5.74) is 9.50. The lowest BCUT2D eigenvalue weighted by atomic mass is 10.1. The highest BCUT2D eigenvalue weighted by atomic mass is 79.9. The predicted molar refractivity (Wildman–Crippen MR) is 88.0 cm³/mol. The lowest BCUT2D eigenvalue weighted by molar-refractivity contribution is 0.792. The van der Waals surface area contributed by atoms with Gasteiger partial charge in [0.15, 0.2) is 0 Å². The fourth-order valence-electron chi connectivity index (χ4n) is 2.18. The number of aromatic nitrogens is 1. The fourth-order valence-corrected chi connectivity index (χ4v) is 2.53. The average Bonchev–Trinajstić information content (AvgIpc) is 2.45. The number of hydrogen-bond acceptors (Lipinski definition) is 3. The summed E-state index contributed by atoms with van der Waals surface area (Å²) < 4.78 is 1.07. The van der Waals surface area contributed by atoms with Crippen LogP contribution in [0.3, 0.4) is 0 Å². The second-order valence-electron chi connectivity index (χ2n) is 4.98. The topological polar surface area (TPSA) is 42.1 Å². The van der Waals surface area contributed by atoms with Crippen LogP contribution in [0.25, 0.3) is 0 Å². The molecule has 0 saturated carbocycles. The molecule has 2 aromatic rings. The molecule has 0 aliphatic carbocycles. The van der Waals surface area contributed by atoms with E-state index in [0.717, 1.165) is 28.7 Å². The maximum atomic E-state index is 6.06. The summed E-state index contributed by atoms with van der Waals surface area (Å²) in [4.78, 5) is 6.59. The van der Waals surface area contributed by atoms with E-state index in [4.69, 9.17) is 5.73 Å². The molecule has 1 atom stereocenters. The highest BCUT2D eigenvalue weighted by Gasteiger charge is 2.11. The van der Waals surface area contributed by atoms with Crippen molar-refractivity contribution in [2.45, 2.75) is 19.4 Å². The van der Waals surface area contributed by atoms with Gasteiger partial charge in [-0.3, -0.25) is 4.98 Å². The standard InChI is InChI=1S/C16H20BrN3/c1-12(18)15-7-6-13(17)11-16(15)20(2)10-8-14-5-3-4-9-19-14/h3-7,9,11-12H,8,10,18H2,1-2H3. The first kappa shape index (κ1) is 15.0. The van der Waals surface area contributed by atoms with Crippen LogP contribution < -0.4 is 10.6 Å². The van der Waals surface area contributed by atoms with E-state index in [1.54, 1.807) is 0 Å². The quantitative estimate of drug-likeness (QED) is 0.909. The first-order valence-corrected chi connectivity index (χ1v) is 7.53. The first-order chi connectivity index (χ1) is 9.58. The maximum absolute atomic E-state index is 6.06. The summed E-state index contributed by atoms with van der Waals surface area (Å²) in [6, 6.07) is 12.3. The van der Waals surface area contributed by atoms with Gasteiger partial charge < -0.3 is 10.6 Å². The molecular formula is C16H20BrN3. The minimum atomic E-state index is 0.0235. The Balaban J connectivity index is 2.12. The van der Waals surface area contributed by atoms with Crippen LogP contribution >= 0.6 is 15.9 Å². The molecule has 0 amide bonds. The number of halogens is 1. The molecule has 0 spiro atoms. The molecule has 0 bridgehead atoms. The third-order valence-corrected chi connectivity index (χ3v) is 3.82. The fraction of sp³-hybridized carbons (Fsp3) is 0.312. The van der Waals surface area contributed by atoms with Gasteiger partial charge >= 0.3 is 0 Å². The molecule has 0 aliphatic rings. The molecule has 3 nitrogen and oxygen atoms in total. The Labute approximate surface area is 129 Å². The van der Waals surface area contributed by atoms with Crippen molar-refractivity contribution in [3.63, 3.8) is 0 Å². The number of likely N-dealkylation sites (N-methyl/N-ethyl adjacent to an activating group) is 1. The molecule has 0 saturated heterocycles. The van der Waals surface area contributed by atoms with E-state index in [2.05, 4.69) is 51.1 Å². The second kappa shape index (κ2) is 6.86. The molecule has 1 heterocycles. The average molecular weight is 334 g/mol. The van der Waals surface area contributed by atoms with Gasteiger partial charge in [0.05, 0.1) is 0 Å². The van der Waals surface area contributed by atoms with Gasteiger partial charge in [-0.05, 0) is 36.8 Å². The van der Waals surface area contributed by atoms with Crippen molar-refractivity contribution in [1.82, 2.24) is 4.98 Å². The van der Waals surface area contributed by atoms with Crippen molar-refractivity contribution in [3.05, 3.63) is 58.3 Å². The maximum Gasteiger partial charge on any atom is 0.0423 e. The van der Waals surface area contributed by atoms with Crippen LogP contribution in [0.15, 0.2) is 47.1 Å². The minimum Gasteiger partial charge on any atom is -0.374 e. The Hall–Kier alpha value is -1.39. The first-order valence-electron chi connectivity index (χ1n) is 6.74. The van der Waals surface area contributed by atoms with Crippen LogP contribution in [0.4, 0.5) is 5.69 Å². The monoisotopic (exact) mass is 333 g/mol. The van der Waals surface area contributed by atoms with E-state index in [1.165, 1.54) is 5.69 Å². The highest BCUT2D eigenvalue weighted by molar-refractivity contribution is 9.10. The minimum absolute atomic E-state index is 0.0235. The molecule has 2 rings (SSSR count). The summed E-state index contributed by atoms with van der Waals surface area (Å²) in [5, 5.41) is 0. The van der Waals surface area contributed by atoms with Crippen LogP contribution in [0.5, 0.6) is 0 Å². The second-order valence-corrected chi connectivity index (χ2v) is 5.90. The van der Waals surface area contributed by atoms with Gasteiger partial charge in [-0.2, -0.15) is 0 Å². The normalized spacial score (nSPS) is 12.2. The van der Waals surface area contributed by atoms with Gasteiger partial charge in [0.25, 0.3) is 0 Å². The molecule has 0 fully saturated rings. The number of hydrogen-bond donors (Lipinski definition) is 1. The van der Waals surface area contributed by atoms with Crippen LogP contribution in [0.2, 0.25) is 0 Å². The van der Waals surface area contributed by atoms with Gasteiger partial charge in [0.1, 0.15) is 0 Å². The van der Waals surface area contributed by atoms with E-state index in [9.17, 15) is 0 Å². The number of pyridine rings is 1. The van der Waals surface area contributed by atoms with Gasteiger partial charge in [-0.15, -0.1) is 0 Å². The molecule has 2 N–H and O–H groups in total. The number of rotatable bonds is 5. The largest absolute Gasteiger partial charge is 0.374 e. The summed E-state index contributed by atoms with van der Waals surface area (Å²) >= 11 is 3.53. The van der Waals surface area contributed by atoms with Crippen LogP contribution in [0.1, 0.15) is 24.2 Å². The van der Waals surface area contributed by atoms with Crippen LogP contribution in [0, 0.1) is 0 Å².